The predicted octanol–water partition coefficient (Wildman–Crippen LogP) is 6.27. The number of amides is 1. The fourth-order valence-electron chi connectivity index (χ4n) is 3.84. The fourth-order valence-corrected chi connectivity index (χ4v) is 4.90. The SMILES string of the molecule is O=C(Cc1ccc(-c2ccccc2)cc1)OCC(=O)N1c2ccccc2Sc2ccccc21. The van der Waals surface area contributed by atoms with Crippen molar-refractivity contribution in [3.05, 3.63) is 109 Å². The maximum Gasteiger partial charge on any atom is 0.310 e. The third-order valence-corrected chi connectivity index (χ3v) is 6.58. The molecule has 0 aliphatic carbocycles. The normalized spacial score (nSPS) is 11.9. The minimum absolute atomic E-state index is 0.116. The van der Waals surface area contributed by atoms with Crippen molar-refractivity contribution in [3.8, 4) is 11.1 Å². The van der Waals surface area contributed by atoms with E-state index in [2.05, 4.69) is 0 Å². The average Bonchev–Trinajstić information content (AvgIpc) is 2.87. The fraction of sp³-hybridized carbons (Fsp3) is 0.0714. The van der Waals surface area contributed by atoms with Gasteiger partial charge in [-0.3, -0.25) is 14.5 Å². The smallest absolute Gasteiger partial charge is 0.310 e. The van der Waals surface area contributed by atoms with Crippen molar-refractivity contribution in [2.24, 2.45) is 0 Å². The number of para-hydroxylation sites is 2. The maximum absolute atomic E-state index is 13.1. The maximum atomic E-state index is 13.1. The zero-order valence-corrected chi connectivity index (χ0v) is 18.6. The van der Waals surface area contributed by atoms with Gasteiger partial charge in [0.2, 0.25) is 0 Å². The molecule has 4 aromatic rings. The molecule has 0 unspecified atom stereocenters. The molecule has 0 aromatic heterocycles. The van der Waals surface area contributed by atoms with Crippen molar-refractivity contribution in [1.29, 1.82) is 0 Å². The van der Waals surface area contributed by atoms with Gasteiger partial charge in [0.15, 0.2) is 6.61 Å². The van der Waals surface area contributed by atoms with Crippen LogP contribution < -0.4 is 4.90 Å². The Kier molecular flexibility index (Phi) is 5.96. The molecule has 0 saturated heterocycles. The summed E-state index contributed by atoms with van der Waals surface area (Å²) in [5.74, 6) is -0.702. The first-order valence-electron chi connectivity index (χ1n) is 10.7. The highest BCUT2D eigenvalue weighted by molar-refractivity contribution is 7.99. The van der Waals surface area contributed by atoms with E-state index in [0.29, 0.717) is 0 Å². The van der Waals surface area contributed by atoms with Crippen molar-refractivity contribution in [3.63, 3.8) is 0 Å². The summed E-state index contributed by atoms with van der Waals surface area (Å²) in [5.41, 5.74) is 4.66. The van der Waals surface area contributed by atoms with E-state index in [1.807, 2.05) is 103 Å². The highest BCUT2D eigenvalue weighted by Gasteiger charge is 2.28. The highest BCUT2D eigenvalue weighted by atomic mass is 32.2. The highest BCUT2D eigenvalue weighted by Crippen LogP contribution is 2.47. The number of nitrogens with zero attached hydrogens (tertiary/aromatic N) is 1. The van der Waals surface area contributed by atoms with Crippen LogP contribution >= 0.6 is 11.8 Å². The van der Waals surface area contributed by atoms with Crippen LogP contribution in [0.15, 0.2) is 113 Å². The largest absolute Gasteiger partial charge is 0.455 e. The number of hydrogen-bond donors (Lipinski definition) is 0. The number of carbonyl (C=O) groups excluding carboxylic acids is 2. The molecule has 0 atom stereocenters. The zero-order chi connectivity index (χ0) is 22.6. The number of carbonyl (C=O) groups is 2. The molecule has 5 rings (SSSR count). The number of fused-ring (bicyclic) bond motifs is 2. The Labute approximate surface area is 196 Å². The van der Waals surface area contributed by atoms with Crippen LogP contribution in [0, 0.1) is 0 Å². The van der Waals surface area contributed by atoms with Crippen molar-refractivity contribution < 1.29 is 14.3 Å². The number of benzene rings is 4. The summed E-state index contributed by atoms with van der Waals surface area (Å²) >= 11 is 1.63. The molecule has 0 saturated carbocycles. The first kappa shape index (κ1) is 21.0. The number of esters is 1. The second-order valence-corrected chi connectivity index (χ2v) is 8.75. The quantitative estimate of drug-likeness (QED) is 0.336. The zero-order valence-electron chi connectivity index (χ0n) is 17.8. The van der Waals surface area contributed by atoms with Crippen LogP contribution in [0.25, 0.3) is 11.1 Å². The molecule has 0 N–H and O–H groups in total. The predicted molar refractivity (Wildman–Crippen MR) is 131 cm³/mol. The Bertz CT molecular complexity index is 1260. The summed E-state index contributed by atoms with van der Waals surface area (Å²) in [6.45, 7) is -0.311. The monoisotopic (exact) mass is 451 g/mol. The van der Waals surface area contributed by atoms with Crippen molar-refractivity contribution >= 4 is 35.0 Å². The Morgan fingerprint density at radius 2 is 1.21 bits per heavy atom. The van der Waals surface area contributed by atoms with Gasteiger partial charge in [-0.2, -0.15) is 0 Å². The summed E-state index contributed by atoms with van der Waals surface area (Å²) in [7, 11) is 0. The molecular formula is C28H21NO3S. The molecule has 1 aliphatic rings. The van der Waals surface area contributed by atoms with Crippen molar-refractivity contribution in [1.82, 2.24) is 0 Å². The minimum Gasteiger partial charge on any atom is -0.455 e. The van der Waals surface area contributed by atoms with Gasteiger partial charge in [0, 0.05) is 9.79 Å². The van der Waals surface area contributed by atoms with Crippen molar-refractivity contribution in [2.75, 3.05) is 11.5 Å². The van der Waals surface area contributed by atoms with E-state index >= 15 is 0 Å². The molecule has 0 radical (unpaired) electrons. The Morgan fingerprint density at radius 3 is 1.85 bits per heavy atom. The number of rotatable bonds is 5. The van der Waals surface area contributed by atoms with Crippen LogP contribution in [0.1, 0.15) is 5.56 Å². The van der Waals surface area contributed by atoms with Crippen LogP contribution in [0.5, 0.6) is 0 Å². The summed E-state index contributed by atoms with van der Waals surface area (Å²) in [4.78, 5) is 29.2. The lowest BCUT2D eigenvalue weighted by atomic mass is 10.0. The van der Waals surface area contributed by atoms with E-state index in [1.54, 1.807) is 16.7 Å². The van der Waals surface area contributed by atoms with Crippen molar-refractivity contribution in [2.45, 2.75) is 16.2 Å². The Morgan fingerprint density at radius 1 is 0.667 bits per heavy atom. The summed E-state index contributed by atoms with van der Waals surface area (Å²) in [5, 5.41) is 0. The lowest BCUT2D eigenvalue weighted by Crippen LogP contribution is -2.32. The molecular weight excluding hydrogens is 430 g/mol. The van der Waals surface area contributed by atoms with Gasteiger partial charge in [0.1, 0.15) is 0 Å². The standard InChI is InChI=1S/C28H21NO3S/c30-27(29-23-10-4-6-12-25(23)33-26-13-7-5-11-24(26)29)19-32-28(31)18-20-14-16-22(17-15-20)21-8-2-1-3-9-21/h1-17H,18-19H2. The van der Waals surface area contributed by atoms with E-state index in [1.165, 1.54) is 0 Å². The third-order valence-electron chi connectivity index (χ3n) is 5.45. The van der Waals surface area contributed by atoms with Crippen LogP contribution in [0.3, 0.4) is 0 Å². The number of anilines is 2. The summed E-state index contributed by atoms with van der Waals surface area (Å²) in [6.07, 6.45) is 0.116. The lowest BCUT2D eigenvalue weighted by molar-refractivity contribution is -0.147. The Hall–Kier alpha value is -3.83. The van der Waals surface area contributed by atoms with Gasteiger partial charge >= 0.3 is 5.97 Å². The number of hydrogen-bond acceptors (Lipinski definition) is 4. The van der Waals surface area contributed by atoms with Gasteiger partial charge in [-0.1, -0.05) is 90.6 Å². The van der Waals surface area contributed by atoms with E-state index in [9.17, 15) is 9.59 Å². The molecule has 0 bridgehead atoms. The molecule has 4 nitrogen and oxygen atoms in total. The molecule has 5 heteroatoms. The van der Waals surface area contributed by atoms with Gasteiger partial charge < -0.3 is 4.74 Å². The Balaban J connectivity index is 1.25. The molecule has 0 spiro atoms. The van der Waals surface area contributed by atoms with E-state index in [0.717, 1.165) is 37.9 Å². The second-order valence-electron chi connectivity index (χ2n) is 7.67. The van der Waals surface area contributed by atoms with Gasteiger partial charge in [-0.05, 0) is 41.0 Å². The molecule has 33 heavy (non-hydrogen) atoms. The van der Waals surface area contributed by atoms with Crippen LogP contribution in [0.4, 0.5) is 11.4 Å². The molecule has 162 valence electrons. The first-order chi connectivity index (χ1) is 16.2. The lowest BCUT2D eigenvalue weighted by Gasteiger charge is -2.30. The second kappa shape index (κ2) is 9.35. The van der Waals surface area contributed by atoms with Gasteiger partial charge in [-0.15, -0.1) is 0 Å². The molecule has 1 heterocycles. The first-order valence-corrected chi connectivity index (χ1v) is 11.5. The number of ether oxygens (including phenoxy) is 1. The molecule has 0 fully saturated rings. The van der Waals surface area contributed by atoms with Crippen LogP contribution in [-0.4, -0.2) is 18.5 Å². The third kappa shape index (κ3) is 4.54. The average molecular weight is 452 g/mol. The van der Waals surface area contributed by atoms with Crippen LogP contribution in [-0.2, 0) is 20.7 Å². The molecule has 1 amide bonds. The molecule has 1 aliphatic heterocycles. The summed E-state index contributed by atoms with van der Waals surface area (Å²) in [6, 6.07) is 33.4. The topological polar surface area (TPSA) is 46.6 Å². The van der Waals surface area contributed by atoms with E-state index in [-0.39, 0.29) is 18.9 Å². The summed E-state index contributed by atoms with van der Waals surface area (Å²) < 4.78 is 5.37. The van der Waals surface area contributed by atoms with E-state index in [4.69, 9.17) is 4.74 Å². The van der Waals surface area contributed by atoms with Gasteiger partial charge in [0.05, 0.1) is 17.8 Å². The van der Waals surface area contributed by atoms with Gasteiger partial charge in [-0.25, -0.2) is 0 Å². The molecule has 4 aromatic carbocycles. The van der Waals surface area contributed by atoms with Gasteiger partial charge in [0.25, 0.3) is 5.91 Å². The van der Waals surface area contributed by atoms with Crippen LogP contribution in [0.2, 0.25) is 0 Å². The van der Waals surface area contributed by atoms with E-state index < -0.39 is 5.97 Å². The minimum atomic E-state index is -0.427.